The molecule has 10 aromatic carbocycles. The molecule has 0 radical (unpaired) electrons. The highest BCUT2D eigenvalue weighted by atomic mass is 14.5. The first-order valence-corrected chi connectivity index (χ1v) is 19.3. The monoisotopic (exact) mass is 692 g/mol. The van der Waals surface area contributed by atoms with Crippen LogP contribution in [0.5, 0.6) is 0 Å². The first-order valence-electron chi connectivity index (χ1n) is 19.3. The molecule has 13 rings (SSSR count). The van der Waals surface area contributed by atoms with E-state index >= 15 is 0 Å². The van der Waals surface area contributed by atoms with E-state index in [1.54, 1.807) is 0 Å². The van der Waals surface area contributed by atoms with E-state index in [4.69, 9.17) is 0 Å². The number of benzene rings is 10. The Balaban J connectivity index is 1.05. The maximum Gasteiger partial charge on any atom is 0.0731 e. The highest BCUT2D eigenvalue weighted by Gasteiger charge is 2.52. The van der Waals surface area contributed by atoms with Crippen LogP contribution in [0.2, 0.25) is 0 Å². The Morgan fingerprint density at radius 3 is 1.56 bits per heavy atom. The zero-order chi connectivity index (χ0) is 35.8. The molecule has 0 heteroatoms. The van der Waals surface area contributed by atoms with Gasteiger partial charge in [-0.05, 0) is 140 Å². The molecule has 0 bridgehead atoms. The molecule has 0 nitrogen and oxygen atoms in total. The molecule has 0 atom stereocenters. The van der Waals surface area contributed by atoms with Gasteiger partial charge >= 0.3 is 0 Å². The second kappa shape index (κ2) is 10.6. The summed E-state index contributed by atoms with van der Waals surface area (Å²) in [5.41, 5.74) is 20.8. The quantitative estimate of drug-likeness (QED) is 0.169. The molecule has 10 aromatic rings. The molecule has 3 aliphatic rings. The van der Waals surface area contributed by atoms with E-state index in [1.165, 1.54) is 121 Å². The molecule has 1 spiro atoms. The van der Waals surface area contributed by atoms with Crippen molar-refractivity contribution < 1.29 is 0 Å². The lowest BCUT2D eigenvalue weighted by atomic mass is 9.69. The molecule has 0 heterocycles. The summed E-state index contributed by atoms with van der Waals surface area (Å²) in [5, 5.41) is 7.81. The van der Waals surface area contributed by atoms with Crippen molar-refractivity contribution in [2.24, 2.45) is 0 Å². The lowest BCUT2D eigenvalue weighted by Crippen LogP contribution is -2.26. The van der Waals surface area contributed by atoms with Crippen molar-refractivity contribution in [3.8, 4) is 66.8 Å². The SMILES string of the molecule is c1ccc(-c2ccc3c4c(cccc24)-c2ccccc2-3)c(-c2ccc3cc4c(cc3c2)C2(c3ccccc3-c3ccccc32)c2c-4ccc3ccccc23)c1. The van der Waals surface area contributed by atoms with E-state index in [9.17, 15) is 0 Å². The van der Waals surface area contributed by atoms with Crippen LogP contribution in [0.4, 0.5) is 0 Å². The maximum atomic E-state index is 2.53. The van der Waals surface area contributed by atoms with Crippen molar-refractivity contribution in [2.75, 3.05) is 0 Å². The lowest BCUT2D eigenvalue weighted by Gasteiger charge is -2.31. The normalized spacial score (nSPS) is 13.6. The lowest BCUT2D eigenvalue weighted by molar-refractivity contribution is 0.802. The van der Waals surface area contributed by atoms with Gasteiger partial charge in [0.1, 0.15) is 0 Å². The molecule has 0 unspecified atom stereocenters. The molecule has 0 saturated heterocycles. The Morgan fingerprint density at radius 1 is 0.255 bits per heavy atom. The predicted molar refractivity (Wildman–Crippen MR) is 231 cm³/mol. The van der Waals surface area contributed by atoms with Gasteiger partial charge in [-0.15, -0.1) is 0 Å². The van der Waals surface area contributed by atoms with Crippen LogP contribution in [0.3, 0.4) is 0 Å². The number of hydrogen-bond acceptors (Lipinski definition) is 0. The number of hydrogen-bond donors (Lipinski definition) is 0. The standard InChI is InChI=1S/C55H32/c1-2-14-38-33(12-1)26-27-48-49-31-34-24-25-35(30-36(34)32-52(49)55(54(38)48)50-22-9-7-18-43(50)44-19-8-10-23-51(44)55)37-13-3-4-15-39(37)42-28-29-47-41-17-6-5-16-40(41)45-20-11-21-46(42)53(45)47/h1-32H. The third kappa shape index (κ3) is 3.67. The molecule has 0 fully saturated rings. The van der Waals surface area contributed by atoms with Crippen molar-refractivity contribution in [3.05, 3.63) is 216 Å². The first-order chi connectivity index (χ1) is 27.3. The van der Waals surface area contributed by atoms with Gasteiger partial charge in [-0.3, -0.25) is 0 Å². The van der Waals surface area contributed by atoms with Crippen LogP contribution in [-0.2, 0) is 5.41 Å². The van der Waals surface area contributed by atoms with E-state index in [0.29, 0.717) is 0 Å². The van der Waals surface area contributed by atoms with Crippen LogP contribution >= 0.6 is 0 Å². The molecule has 0 aliphatic heterocycles. The predicted octanol–water partition coefficient (Wildman–Crippen LogP) is 14.5. The van der Waals surface area contributed by atoms with Gasteiger partial charge in [0.25, 0.3) is 0 Å². The van der Waals surface area contributed by atoms with Gasteiger partial charge in [0, 0.05) is 0 Å². The Hall–Kier alpha value is -7.02. The largest absolute Gasteiger partial charge is 0.0731 e. The van der Waals surface area contributed by atoms with Crippen molar-refractivity contribution >= 4 is 32.3 Å². The van der Waals surface area contributed by atoms with Crippen molar-refractivity contribution in [1.82, 2.24) is 0 Å². The average Bonchev–Trinajstić information content (AvgIpc) is 3.85. The van der Waals surface area contributed by atoms with Crippen LogP contribution in [0.25, 0.3) is 99.1 Å². The van der Waals surface area contributed by atoms with E-state index in [0.717, 1.165) is 0 Å². The summed E-state index contributed by atoms with van der Waals surface area (Å²) in [6.07, 6.45) is 0. The number of fused-ring (bicyclic) bond motifs is 16. The van der Waals surface area contributed by atoms with Gasteiger partial charge in [-0.25, -0.2) is 0 Å². The number of rotatable bonds is 2. The van der Waals surface area contributed by atoms with Crippen molar-refractivity contribution in [1.29, 1.82) is 0 Å². The summed E-state index contributed by atoms with van der Waals surface area (Å²) >= 11 is 0. The minimum atomic E-state index is -0.414. The van der Waals surface area contributed by atoms with Crippen LogP contribution in [0.15, 0.2) is 194 Å². The summed E-state index contributed by atoms with van der Waals surface area (Å²) < 4.78 is 0. The highest BCUT2D eigenvalue weighted by molar-refractivity contribution is 6.19. The Labute approximate surface area is 319 Å². The van der Waals surface area contributed by atoms with Crippen LogP contribution in [-0.4, -0.2) is 0 Å². The Morgan fingerprint density at radius 2 is 0.800 bits per heavy atom. The minimum Gasteiger partial charge on any atom is -0.0619 e. The van der Waals surface area contributed by atoms with Gasteiger partial charge < -0.3 is 0 Å². The van der Waals surface area contributed by atoms with Gasteiger partial charge in [-0.1, -0.05) is 176 Å². The van der Waals surface area contributed by atoms with Crippen molar-refractivity contribution in [3.63, 3.8) is 0 Å². The molecule has 3 aliphatic carbocycles. The van der Waals surface area contributed by atoms with Gasteiger partial charge in [-0.2, -0.15) is 0 Å². The fourth-order valence-electron chi connectivity index (χ4n) is 10.8. The first kappa shape index (κ1) is 29.4. The van der Waals surface area contributed by atoms with Gasteiger partial charge in [0.15, 0.2) is 0 Å². The Bertz CT molecular complexity index is 3250. The van der Waals surface area contributed by atoms with E-state index < -0.39 is 5.41 Å². The molecular formula is C55H32. The van der Waals surface area contributed by atoms with E-state index in [-0.39, 0.29) is 0 Å². The van der Waals surface area contributed by atoms with Crippen LogP contribution in [0, 0.1) is 0 Å². The minimum absolute atomic E-state index is 0.414. The topological polar surface area (TPSA) is 0 Å². The third-order valence-corrected chi connectivity index (χ3v) is 13.0. The van der Waals surface area contributed by atoms with Gasteiger partial charge in [0.2, 0.25) is 0 Å². The fourth-order valence-corrected chi connectivity index (χ4v) is 10.8. The summed E-state index contributed by atoms with van der Waals surface area (Å²) in [4.78, 5) is 0. The maximum absolute atomic E-state index is 2.53. The van der Waals surface area contributed by atoms with Gasteiger partial charge in [0.05, 0.1) is 5.41 Å². The molecule has 0 saturated carbocycles. The smallest absolute Gasteiger partial charge is 0.0619 e. The summed E-state index contributed by atoms with van der Waals surface area (Å²) in [6, 6.07) is 73.3. The third-order valence-electron chi connectivity index (χ3n) is 13.0. The summed E-state index contributed by atoms with van der Waals surface area (Å²) in [5.74, 6) is 0. The average molecular weight is 693 g/mol. The van der Waals surface area contributed by atoms with Crippen molar-refractivity contribution in [2.45, 2.75) is 5.41 Å². The summed E-state index contributed by atoms with van der Waals surface area (Å²) in [6.45, 7) is 0. The highest BCUT2D eigenvalue weighted by Crippen LogP contribution is 2.64. The fraction of sp³-hybridized carbons (Fsp3) is 0.0182. The summed E-state index contributed by atoms with van der Waals surface area (Å²) in [7, 11) is 0. The molecule has 252 valence electrons. The van der Waals surface area contributed by atoms with E-state index in [1.807, 2.05) is 0 Å². The van der Waals surface area contributed by atoms with Crippen LogP contribution < -0.4 is 0 Å². The van der Waals surface area contributed by atoms with Crippen LogP contribution in [0.1, 0.15) is 22.3 Å². The Kier molecular flexibility index (Phi) is 5.65. The molecule has 0 amide bonds. The second-order valence-electron chi connectivity index (χ2n) is 15.5. The zero-order valence-corrected chi connectivity index (χ0v) is 30.0. The second-order valence-corrected chi connectivity index (χ2v) is 15.5. The zero-order valence-electron chi connectivity index (χ0n) is 30.0. The van der Waals surface area contributed by atoms with E-state index in [2.05, 4.69) is 194 Å². The molecule has 0 N–H and O–H groups in total. The molecule has 55 heavy (non-hydrogen) atoms. The molecule has 0 aromatic heterocycles. The molecular weight excluding hydrogens is 661 g/mol.